The molecule has 4 unspecified atom stereocenters. The molecule has 0 N–H and O–H groups in total. The van der Waals surface area contributed by atoms with Gasteiger partial charge in [0.05, 0.1) is 30.0 Å². The smallest absolute Gasteiger partial charge is 0.434 e. The maximum atomic E-state index is 13.6. The van der Waals surface area contributed by atoms with E-state index in [4.69, 9.17) is 23.7 Å². The van der Waals surface area contributed by atoms with E-state index in [-0.39, 0.29) is 37.6 Å². The molecular formula is C48H76O9. The van der Waals surface area contributed by atoms with Gasteiger partial charge < -0.3 is 23.7 Å². The van der Waals surface area contributed by atoms with E-state index in [1.807, 2.05) is 27.7 Å². The molecule has 4 atom stereocenters. The van der Waals surface area contributed by atoms with Gasteiger partial charge in [0.2, 0.25) is 0 Å². The molecule has 0 bridgehead atoms. The first-order valence-corrected chi connectivity index (χ1v) is 22.3. The van der Waals surface area contributed by atoms with Crippen molar-refractivity contribution in [3.8, 4) is 0 Å². The van der Waals surface area contributed by atoms with Gasteiger partial charge in [-0.1, -0.05) is 151 Å². The monoisotopic (exact) mass is 797 g/mol. The van der Waals surface area contributed by atoms with Crippen LogP contribution in [0.5, 0.6) is 0 Å². The van der Waals surface area contributed by atoms with E-state index in [9.17, 15) is 19.2 Å². The van der Waals surface area contributed by atoms with Crippen molar-refractivity contribution < 1.29 is 42.9 Å². The average molecular weight is 797 g/mol. The van der Waals surface area contributed by atoms with Crippen LogP contribution in [0.2, 0.25) is 0 Å². The summed E-state index contributed by atoms with van der Waals surface area (Å²) >= 11 is 0. The van der Waals surface area contributed by atoms with Crippen molar-refractivity contribution in [3.05, 3.63) is 47.0 Å². The number of carbonyl (C=O) groups is 4. The molecule has 1 saturated heterocycles. The van der Waals surface area contributed by atoms with Gasteiger partial charge in [-0.3, -0.25) is 4.79 Å². The second-order valence-corrected chi connectivity index (χ2v) is 18.3. The Hall–Kier alpha value is -3.36. The van der Waals surface area contributed by atoms with E-state index < -0.39 is 45.9 Å². The fourth-order valence-electron chi connectivity index (χ4n) is 9.32. The van der Waals surface area contributed by atoms with E-state index in [1.54, 1.807) is 6.92 Å². The number of rotatable bonds is 22. The summed E-state index contributed by atoms with van der Waals surface area (Å²) in [6.07, 6.45) is 23.0. The predicted octanol–water partition coefficient (Wildman–Crippen LogP) is 13.6. The third-order valence-electron chi connectivity index (χ3n) is 12.6. The number of esters is 2. The summed E-state index contributed by atoms with van der Waals surface area (Å²) < 4.78 is 28.5. The molecule has 0 saturated carbocycles. The molecule has 0 aromatic heterocycles. The van der Waals surface area contributed by atoms with E-state index in [0.717, 1.165) is 56.9 Å². The lowest BCUT2D eigenvalue weighted by atomic mass is 9.47. The second-order valence-electron chi connectivity index (χ2n) is 18.3. The third kappa shape index (κ3) is 12.8. The Morgan fingerprint density at radius 2 is 1.04 bits per heavy atom. The highest BCUT2D eigenvalue weighted by Crippen LogP contribution is 2.67. The minimum Gasteiger partial charge on any atom is -0.434 e. The first-order chi connectivity index (χ1) is 27.0. The Morgan fingerprint density at radius 1 is 0.649 bits per heavy atom. The van der Waals surface area contributed by atoms with E-state index in [0.29, 0.717) is 11.5 Å². The summed E-state index contributed by atoms with van der Waals surface area (Å²) in [5.74, 6) is -0.328. The van der Waals surface area contributed by atoms with Crippen LogP contribution in [0.4, 0.5) is 9.59 Å². The van der Waals surface area contributed by atoms with E-state index in [2.05, 4.69) is 46.4 Å². The van der Waals surface area contributed by atoms with Gasteiger partial charge in [0, 0.05) is 16.4 Å². The maximum Gasteiger partial charge on any atom is 0.518 e. The summed E-state index contributed by atoms with van der Waals surface area (Å²) in [4.78, 5) is 52.3. The quantitative estimate of drug-likeness (QED) is 0.0264. The van der Waals surface area contributed by atoms with Crippen LogP contribution < -0.4 is 0 Å². The normalized spacial score (nSPS) is 26.5. The fourth-order valence-corrected chi connectivity index (χ4v) is 9.32. The molecular weight excluding hydrogens is 721 g/mol. The van der Waals surface area contributed by atoms with Gasteiger partial charge in [0.25, 0.3) is 0 Å². The topological polar surface area (TPSA) is 114 Å². The SMILES string of the molecule is C=C(C)C(=O)OC1=CC(C)(CCCCCCCCCC)C2=C3C1(C)CCOC(=O)OC(=O)OCCC3(C)C(OC(=O)C(C)C)=CC2(C)CCCCCCCCCC. The summed E-state index contributed by atoms with van der Waals surface area (Å²) in [5.41, 5.74) is -0.663. The minimum atomic E-state index is -1.16. The molecule has 3 aliphatic rings. The van der Waals surface area contributed by atoms with Gasteiger partial charge >= 0.3 is 24.2 Å². The summed E-state index contributed by atoms with van der Waals surface area (Å²) in [6.45, 7) is 22.0. The highest BCUT2D eigenvalue weighted by atomic mass is 16.8. The van der Waals surface area contributed by atoms with Crippen LogP contribution in [0.1, 0.15) is 191 Å². The maximum absolute atomic E-state index is 13.6. The van der Waals surface area contributed by atoms with Gasteiger partial charge in [-0.05, 0) is 69.8 Å². The van der Waals surface area contributed by atoms with Gasteiger partial charge in [-0.15, -0.1) is 0 Å². The predicted molar refractivity (Wildman–Crippen MR) is 225 cm³/mol. The van der Waals surface area contributed by atoms with Gasteiger partial charge in [-0.25, -0.2) is 14.4 Å². The number of hydrogen-bond donors (Lipinski definition) is 0. The van der Waals surface area contributed by atoms with Crippen LogP contribution in [-0.2, 0) is 33.3 Å². The first-order valence-electron chi connectivity index (χ1n) is 22.3. The number of unbranched alkanes of at least 4 members (excludes halogenated alkanes) is 14. The molecule has 9 nitrogen and oxygen atoms in total. The lowest BCUT2D eigenvalue weighted by Crippen LogP contribution is -2.50. The Labute approximate surface area is 344 Å². The molecule has 0 amide bonds. The van der Waals surface area contributed by atoms with Crippen LogP contribution in [0.15, 0.2) is 47.0 Å². The lowest BCUT2D eigenvalue weighted by molar-refractivity contribution is -0.145. The summed E-state index contributed by atoms with van der Waals surface area (Å²) in [7, 11) is 0. The molecule has 1 heterocycles. The van der Waals surface area contributed by atoms with Crippen molar-refractivity contribution in [1.82, 2.24) is 0 Å². The number of ether oxygens (including phenoxy) is 5. The van der Waals surface area contributed by atoms with Crippen LogP contribution in [0, 0.1) is 27.6 Å². The molecule has 1 fully saturated rings. The van der Waals surface area contributed by atoms with Crippen molar-refractivity contribution in [2.45, 2.75) is 191 Å². The van der Waals surface area contributed by atoms with Crippen LogP contribution >= 0.6 is 0 Å². The first kappa shape index (κ1) is 48.0. The van der Waals surface area contributed by atoms with Gasteiger partial charge in [-0.2, -0.15) is 0 Å². The number of hydrogen-bond acceptors (Lipinski definition) is 9. The number of allylic oxidation sites excluding steroid dienone is 5. The van der Waals surface area contributed by atoms with Gasteiger partial charge in [0.15, 0.2) is 0 Å². The van der Waals surface area contributed by atoms with E-state index in [1.165, 1.54) is 69.8 Å². The highest BCUT2D eigenvalue weighted by Gasteiger charge is 2.59. The second kappa shape index (κ2) is 22.1. The molecule has 0 aromatic rings. The van der Waals surface area contributed by atoms with Crippen LogP contribution in [-0.4, -0.2) is 37.5 Å². The summed E-state index contributed by atoms with van der Waals surface area (Å²) in [5, 5.41) is 0. The third-order valence-corrected chi connectivity index (χ3v) is 12.6. The Balaban J connectivity index is 2.28. The standard InChI is InChI=1S/C48H76O9/c1-11-13-15-17-19-21-23-25-27-45(7)33-37(55-41(49)35(3)4)47(9)29-31-53-43(51)57-44(52)54-32-30-48(10)38(56-42(50)36(5)6)34-46(8,39(45)40(47)48)28-26-24-22-20-18-16-14-12-2/h33-34,36H,3,11-32H2,1-2,4-10H3. The summed E-state index contributed by atoms with van der Waals surface area (Å²) in [6, 6.07) is 0. The molecule has 57 heavy (non-hydrogen) atoms. The number of cyclic esters (lactones) is 4. The van der Waals surface area contributed by atoms with Crippen molar-refractivity contribution >= 4 is 24.2 Å². The van der Waals surface area contributed by atoms with Crippen molar-refractivity contribution in [1.29, 1.82) is 0 Å². The van der Waals surface area contributed by atoms with Crippen molar-refractivity contribution in [3.63, 3.8) is 0 Å². The van der Waals surface area contributed by atoms with Crippen molar-refractivity contribution in [2.75, 3.05) is 13.2 Å². The fraction of sp³-hybridized carbons (Fsp3) is 0.750. The molecule has 2 aliphatic carbocycles. The van der Waals surface area contributed by atoms with Crippen LogP contribution in [0.3, 0.4) is 0 Å². The molecule has 0 radical (unpaired) electrons. The average Bonchev–Trinajstić information content (AvgIpc) is 3.13. The number of carbonyl (C=O) groups excluding carboxylic acids is 4. The Kier molecular flexibility index (Phi) is 18.6. The Morgan fingerprint density at radius 3 is 1.42 bits per heavy atom. The molecule has 0 spiro atoms. The molecule has 3 rings (SSSR count). The zero-order valence-corrected chi connectivity index (χ0v) is 37.2. The van der Waals surface area contributed by atoms with Gasteiger partial charge in [0.1, 0.15) is 11.5 Å². The van der Waals surface area contributed by atoms with E-state index >= 15 is 0 Å². The molecule has 322 valence electrons. The lowest BCUT2D eigenvalue weighted by Gasteiger charge is -2.57. The van der Waals surface area contributed by atoms with Crippen LogP contribution in [0.25, 0.3) is 0 Å². The molecule has 9 heteroatoms. The molecule has 0 aromatic carbocycles. The molecule has 1 aliphatic heterocycles. The highest BCUT2D eigenvalue weighted by molar-refractivity contribution is 5.88. The Bertz CT molecular complexity index is 1500. The zero-order chi connectivity index (χ0) is 42.3. The van der Waals surface area contributed by atoms with Crippen molar-refractivity contribution in [2.24, 2.45) is 27.6 Å². The minimum absolute atomic E-state index is 0.125. The zero-order valence-electron chi connectivity index (χ0n) is 37.2. The largest absolute Gasteiger partial charge is 0.518 e.